The van der Waals surface area contributed by atoms with Crippen LogP contribution < -0.4 is 4.74 Å². The largest absolute Gasteiger partial charge is 0.455 e. The summed E-state index contributed by atoms with van der Waals surface area (Å²) in [4.78, 5) is 26.2. The second-order valence-corrected chi connectivity index (χ2v) is 10.8. The van der Waals surface area contributed by atoms with Gasteiger partial charge in [-0.3, -0.25) is 9.78 Å². The number of carbonyl (C=O) groups excluding carboxylic acids is 1. The number of carbonyl (C=O) groups is 1. The predicted molar refractivity (Wildman–Crippen MR) is 133 cm³/mol. The molecule has 0 bridgehead atoms. The van der Waals surface area contributed by atoms with Gasteiger partial charge in [-0.05, 0) is 55.3 Å². The van der Waals surface area contributed by atoms with E-state index in [2.05, 4.69) is 15.0 Å². The van der Waals surface area contributed by atoms with Gasteiger partial charge >= 0.3 is 0 Å². The Labute approximate surface area is 203 Å². The third-order valence-electron chi connectivity index (χ3n) is 6.34. The first-order valence-corrected chi connectivity index (χ1v) is 13.2. The molecule has 8 nitrogen and oxygen atoms in total. The number of H-pyrrole nitrogens is 1. The number of nitrogens with zero attached hydrogens (tertiary/aromatic N) is 3. The summed E-state index contributed by atoms with van der Waals surface area (Å²) in [5.74, 6) is 1.04. The lowest BCUT2D eigenvalue weighted by Gasteiger charge is -2.25. The first-order chi connectivity index (χ1) is 16.9. The van der Waals surface area contributed by atoms with Crippen LogP contribution in [-0.2, 0) is 14.6 Å². The molecular weight excluding hydrogens is 464 g/mol. The Morgan fingerprint density at radius 1 is 1.17 bits per heavy atom. The second-order valence-electron chi connectivity index (χ2n) is 8.58. The lowest BCUT2D eigenvalue weighted by Crippen LogP contribution is -2.28. The second kappa shape index (κ2) is 9.14. The topological polar surface area (TPSA) is 105 Å². The number of pyridine rings is 2. The van der Waals surface area contributed by atoms with Crippen molar-refractivity contribution in [1.82, 2.24) is 19.9 Å². The van der Waals surface area contributed by atoms with Crippen molar-refractivity contribution in [1.29, 1.82) is 0 Å². The molecule has 1 unspecified atom stereocenters. The van der Waals surface area contributed by atoms with E-state index in [4.69, 9.17) is 4.74 Å². The van der Waals surface area contributed by atoms with Crippen molar-refractivity contribution in [2.75, 3.05) is 12.3 Å². The molecule has 1 aliphatic rings. The fraction of sp³-hybridized carbons (Fsp3) is 0.269. The van der Waals surface area contributed by atoms with Crippen molar-refractivity contribution in [2.24, 2.45) is 0 Å². The van der Waals surface area contributed by atoms with Crippen molar-refractivity contribution in [3.05, 3.63) is 66.5 Å². The average molecular weight is 491 g/mol. The number of hydrogen-bond acceptors (Lipinski definition) is 6. The van der Waals surface area contributed by atoms with E-state index in [1.165, 1.54) is 12.3 Å². The number of rotatable bonds is 6. The van der Waals surface area contributed by atoms with Gasteiger partial charge in [0.1, 0.15) is 11.5 Å². The van der Waals surface area contributed by atoms with Crippen LogP contribution in [0.3, 0.4) is 0 Å². The summed E-state index contributed by atoms with van der Waals surface area (Å²) < 4.78 is 30.5. The van der Waals surface area contributed by atoms with Gasteiger partial charge in [0, 0.05) is 36.1 Å². The lowest BCUT2D eigenvalue weighted by molar-refractivity contribution is -0.129. The van der Waals surface area contributed by atoms with E-state index < -0.39 is 9.84 Å². The maximum absolute atomic E-state index is 12.3. The highest BCUT2D eigenvalue weighted by Crippen LogP contribution is 2.41. The molecule has 1 atom stereocenters. The van der Waals surface area contributed by atoms with Crippen LogP contribution in [0.2, 0.25) is 0 Å². The van der Waals surface area contributed by atoms with E-state index in [0.717, 1.165) is 40.7 Å². The summed E-state index contributed by atoms with van der Waals surface area (Å²) in [5.41, 5.74) is 3.53. The molecule has 0 aliphatic carbocycles. The molecule has 1 aliphatic heterocycles. The number of amides is 1. The Bertz CT molecular complexity index is 1480. The van der Waals surface area contributed by atoms with E-state index in [1.807, 2.05) is 41.3 Å². The molecule has 1 amide bonds. The Balaban J connectivity index is 1.58. The molecule has 0 radical (unpaired) electrons. The molecule has 180 valence electrons. The van der Waals surface area contributed by atoms with E-state index in [-0.39, 0.29) is 22.7 Å². The zero-order chi connectivity index (χ0) is 24.6. The molecule has 4 aromatic rings. The van der Waals surface area contributed by atoms with Crippen LogP contribution in [0.5, 0.6) is 11.5 Å². The number of likely N-dealkylation sites (tertiary alicyclic amines) is 1. The first kappa shape index (κ1) is 23.0. The molecule has 35 heavy (non-hydrogen) atoms. The van der Waals surface area contributed by atoms with Crippen molar-refractivity contribution >= 4 is 26.6 Å². The third-order valence-corrected chi connectivity index (χ3v) is 7.98. The van der Waals surface area contributed by atoms with Crippen molar-refractivity contribution < 1.29 is 17.9 Å². The number of fused-ring (bicyclic) bond motifs is 1. The van der Waals surface area contributed by atoms with Gasteiger partial charge in [0.25, 0.3) is 0 Å². The zero-order valence-electron chi connectivity index (χ0n) is 19.6. The number of hydrogen-bond donors (Lipinski definition) is 1. The molecule has 4 heterocycles. The number of ether oxygens (including phenoxy) is 1. The molecule has 9 heteroatoms. The highest BCUT2D eigenvalue weighted by molar-refractivity contribution is 7.91. The molecule has 1 aromatic carbocycles. The number of sulfone groups is 1. The number of aromatic amines is 1. The van der Waals surface area contributed by atoms with E-state index in [9.17, 15) is 13.2 Å². The smallest absolute Gasteiger partial charge is 0.219 e. The highest BCUT2D eigenvalue weighted by atomic mass is 32.2. The number of nitrogens with one attached hydrogen (secondary N) is 1. The van der Waals surface area contributed by atoms with Gasteiger partial charge < -0.3 is 14.6 Å². The summed E-state index contributed by atoms with van der Waals surface area (Å²) in [7, 11) is -3.40. The van der Waals surface area contributed by atoms with Crippen LogP contribution >= 0.6 is 0 Å². The zero-order valence-corrected chi connectivity index (χ0v) is 20.4. The minimum absolute atomic E-state index is 0.0182. The Morgan fingerprint density at radius 2 is 2.03 bits per heavy atom. The monoisotopic (exact) mass is 490 g/mol. The quantitative estimate of drug-likeness (QED) is 0.412. The van der Waals surface area contributed by atoms with Gasteiger partial charge in [-0.1, -0.05) is 13.0 Å². The molecule has 1 saturated heterocycles. The fourth-order valence-corrected chi connectivity index (χ4v) is 5.32. The maximum atomic E-state index is 12.3. The first-order valence-electron chi connectivity index (χ1n) is 11.6. The molecule has 5 rings (SSSR count). The maximum Gasteiger partial charge on any atom is 0.219 e. The van der Waals surface area contributed by atoms with Gasteiger partial charge in [0.2, 0.25) is 5.91 Å². The summed E-state index contributed by atoms with van der Waals surface area (Å²) in [6.07, 6.45) is 4.92. The van der Waals surface area contributed by atoms with Gasteiger partial charge in [-0.25, -0.2) is 13.4 Å². The van der Waals surface area contributed by atoms with Crippen LogP contribution in [0.1, 0.15) is 38.3 Å². The lowest BCUT2D eigenvalue weighted by atomic mass is 10.0. The van der Waals surface area contributed by atoms with Gasteiger partial charge in [0.15, 0.2) is 14.9 Å². The normalized spacial score (nSPS) is 16.1. The molecule has 0 spiro atoms. The van der Waals surface area contributed by atoms with Gasteiger partial charge in [-0.15, -0.1) is 0 Å². The molecule has 0 saturated carbocycles. The van der Waals surface area contributed by atoms with Crippen molar-refractivity contribution in [2.45, 2.75) is 37.8 Å². The Morgan fingerprint density at radius 3 is 2.71 bits per heavy atom. The minimum atomic E-state index is -3.40. The van der Waals surface area contributed by atoms with E-state index in [0.29, 0.717) is 18.0 Å². The Hall–Kier alpha value is -3.72. The van der Waals surface area contributed by atoms with Crippen molar-refractivity contribution in [3.8, 4) is 22.9 Å². The van der Waals surface area contributed by atoms with Crippen molar-refractivity contribution in [3.63, 3.8) is 0 Å². The SMILES string of the molecule is CCS(=O)(=O)c1ccc(Oc2cc3cc(-c4ccccn4)[nH]c3cc2C2CCCN2C(C)=O)cn1. The number of aromatic nitrogens is 3. The van der Waals surface area contributed by atoms with Crippen LogP contribution in [-0.4, -0.2) is 46.5 Å². The molecule has 3 aromatic heterocycles. The van der Waals surface area contributed by atoms with Crippen LogP contribution in [0, 0.1) is 0 Å². The van der Waals surface area contributed by atoms with Gasteiger partial charge in [0.05, 0.1) is 29.4 Å². The van der Waals surface area contributed by atoms with Gasteiger partial charge in [-0.2, -0.15) is 0 Å². The van der Waals surface area contributed by atoms with E-state index >= 15 is 0 Å². The fourth-order valence-electron chi connectivity index (χ4n) is 4.54. The average Bonchev–Trinajstić information content (AvgIpc) is 3.52. The van der Waals surface area contributed by atoms with Crippen LogP contribution in [0.4, 0.5) is 0 Å². The van der Waals surface area contributed by atoms with E-state index in [1.54, 1.807) is 26.1 Å². The standard InChI is InChI=1S/C26H26N4O4S/c1-3-35(32,33)26-10-9-19(16-28-26)34-25-14-18-13-23(21-7-4-5-11-27-21)29-22(18)15-20(25)24-8-6-12-30(24)17(2)31/h4-5,7,9-11,13-16,24,29H,3,6,8,12H2,1-2H3. The minimum Gasteiger partial charge on any atom is -0.455 e. The third kappa shape index (κ3) is 4.51. The predicted octanol–water partition coefficient (Wildman–Crippen LogP) is 4.89. The number of benzene rings is 1. The highest BCUT2D eigenvalue weighted by Gasteiger charge is 2.31. The van der Waals surface area contributed by atoms with Crippen LogP contribution in [0.25, 0.3) is 22.3 Å². The summed E-state index contributed by atoms with van der Waals surface area (Å²) >= 11 is 0. The Kier molecular flexibility index (Phi) is 6.02. The molecule has 1 N–H and O–H groups in total. The molecular formula is C26H26N4O4S. The van der Waals surface area contributed by atoms with Crippen LogP contribution in [0.15, 0.2) is 66.0 Å². The summed E-state index contributed by atoms with van der Waals surface area (Å²) in [6, 6.07) is 14.7. The summed E-state index contributed by atoms with van der Waals surface area (Å²) in [5, 5.41) is 0.960. The summed E-state index contributed by atoms with van der Waals surface area (Å²) in [6.45, 7) is 3.87. The molecule has 1 fully saturated rings.